The van der Waals surface area contributed by atoms with Gasteiger partial charge in [-0.15, -0.1) is 0 Å². The molecule has 1 unspecified atom stereocenters. The summed E-state index contributed by atoms with van der Waals surface area (Å²) in [6.07, 6.45) is -5.79. The highest BCUT2D eigenvalue weighted by molar-refractivity contribution is 4.95. The van der Waals surface area contributed by atoms with Crippen LogP contribution in [-0.2, 0) is 18.9 Å². The van der Waals surface area contributed by atoms with Crippen LogP contribution in [-0.4, -0.2) is 96.7 Å². The minimum absolute atomic E-state index is 0.0908. The number of aliphatic hydroxyl groups is 3. The van der Waals surface area contributed by atoms with Gasteiger partial charge >= 0.3 is 0 Å². The third kappa shape index (κ3) is 3.76. The largest absolute Gasteiger partial charge is 0.390 e. The van der Waals surface area contributed by atoms with Crippen LogP contribution in [0.25, 0.3) is 0 Å². The fourth-order valence-corrected chi connectivity index (χ4v) is 3.47. The highest BCUT2D eigenvalue weighted by Crippen LogP contribution is 2.32. The van der Waals surface area contributed by atoms with Crippen LogP contribution >= 0.6 is 0 Å². The van der Waals surface area contributed by atoms with E-state index in [1.54, 1.807) is 25.9 Å². The molecule has 2 rings (SSSR count). The maximum atomic E-state index is 10.4. The van der Waals surface area contributed by atoms with Crippen molar-refractivity contribution in [3.05, 3.63) is 0 Å². The van der Waals surface area contributed by atoms with Gasteiger partial charge in [0.2, 0.25) is 0 Å². The molecule has 0 amide bonds. The van der Waals surface area contributed by atoms with Crippen molar-refractivity contribution >= 4 is 0 Å². The molecule has 0 aromatic carbocycles. The first-order valence-electron chi connectivity index (χ1n) is 8.38. The smallest absolute Gasteiger partial charge is 0.187 e. The van der Waals surface area contributed by atoms with Crippen molar-refractivity contribution < 1.29 is 34.3 Å². The highest BCUT2D eigenvalue weighted by Gasteiger charge is 2.49. The van der Waals surface area contributed by atoms with E-state index in [4.69, 9.17) is 18.9 Å². The van der Waals surface area contributed by atoms with E-state index in [0.717, 1.165) is 0 Å². The lowest BCUT2D eigenvalue weighted by atomic mass is 9.91. The molecule has 24 heavy (non-hydrogen) atoms. The molecule has 2 fully saturated rings. The molecule has 3 N–H and O–H groups in total. The van der Waals surface area contributed by atoms with Crippen LogP contribution in [0.3, 0.4) is 0 Å². The van der Waals surface area contributed by atoms with Crippen molar-refractivity contribution in [3.63, 3.8) is 0 Å². The van der Waals surface area contributed by atoms with Crippen LogP contribution in [0.1, 0.15) is 20.8 Å². The Bertz CT molecular complexity index is 410. The van der Waals surface area contributed by atoms with Crippen LogP contribution in [0.2, 0.25) is 0 Å². The van der Waals surface area contributed by atoms with Gasteiger partial charge in [0.05, 0.1) is 24.4 Å². The Balaban J connectivity index is 2.19. The number of nitrogens with zero attached hydrogens (tertiary/aromatic N) is 1. The van der Waals surface area contributed by atoms with E-state index in [0.29, 0.717) is 0 Å². The van der Waals surface area contributed by atoms with Gasteiger partial charge in [0.1, 0.15) is 18.3 Å². The summed E-state index contributed by atoms with van der Waals surface area (Å²) in [7, 11) is 5.09. The minimum Gasteiger partial charge on any atom is -0.390 e. The van der Waals surface area contributed by atoms with Crippen LogP contribution in [0.5, 0.6) is 0 Å². The number of ether oxygens (including phenoxy) is 4. The molecule has 0 bridgehead atoms. The Labute approximate surface area is 143 Å². The van der Waals surface area contributed by atoms with Crippen molar-refractivity contribution in [2.75, 3.05) is 21.2 Å². The SMILES string of the molecule is CO[C@H]1[C@H](O[C@H]2[C@H](N(C)C)[C@@H](O)C(O)O[C@@H]2C)O[C@H](C)[C@@H](C)[C@@H]1O. The predicted molar refractivity (Wildman–Crippen MR) is 85.2 cm³/mol. The van der Waals surface area contributed by atoms with E-state index in [9.17, 15) is 15.3 Å². The standard InChI is InChI=1S/C16H31NO7/c1-7-8(2)23-16(14(21-6)11(7)18)24-13-9(3)22-15(20)12(19)10(13)17(4)5/h7-16,18-20H,1-6H3/t7-,8-,9-,10-,11+,12-,13-,14-,15?,16+/m1/s1. The van der Waals surface area contributed by atoms with E-state index in [-0.39, 0.29) is 12.0 Å². The molecule has 2 heterocycles. The number of hydrogen-bond donors (Lipinski definition) is 3. The van der Waals surface area contributed by atoms with Crippen molar-refractivity contribution in [2.24, 2.45) is 5.92 Å². The van der Waals surface area contributed by atoms with Crippen molar-refractivity contribution in [3.8, 4) is 0 Å². The second kappa shape index (κ2) is 7.92. The van der Waals surface area contributed by atoms with Gasteiger partial charge in [-0.2, -0.15) is 0 Å². The molecule has 8 nitrogen and oxygen atoms in total. The molecule has 2 aliphatic rings. The van der Waals surface area contributed by atoms with Gasteiger partial charge in [0.25, 0.3) is 0 Å². The summed E-state index contributed by atoms with van der Waals surface area (Å²) in [6.45, 7) is 5.54. The Kier molecular flexibility index (Phi) is 6.60. The monoisotopic (exact) mass is 349 g/mol. The van der Waals surface area contributed by atoms with Crippen LogP contribution in [0.15, 0.2) is 0 Å². The molecule has 0 radical (unpaired) electrons. The normalized spacial score (nSPS) is 50.2. The quantitative estimate of drug-likeness (QED) is 0.604. The molecule has 0 spiro atoms. The lowest BCUT2D eigenvalue weighted by Gasteiger charge is -2.48. The summed E-state index contributed by atoms with van der Waals surface area (Å²) < 4.78 is 22.7. The molecule has 0 aliphatic carbocycles. The van der Waals surface area contributed by atoms with E-state index in [1.165, 1.54) is 7.11 Å². The van der Waals surface area contributed by atoms with Gasteiger partial charge in [-0.25, -0.2) is 0 Å². The first kappa shape index (κ1) is 20.0. The Morgan fingerprint density at radius 1 is 0.875 bits per heavy atom. The predicted octanol–water partition coefficient (Wildman–Crippen LogP) is -0.843. The first-order valence-corrected chi connectivity index (χ1v) is 8.38. The number of methoxy groups -OCH3 is 1. The third-order valence-electron chi connectivity index (χ3n) is 5.19. The lowest BCUT2D eigenvalue weighted by Crippen LogP contribution is -2.65. The number of hydrogen-bond acceptors (Lipinski definition) is 8. The molecular formula is C16H31NO7. The number of likely N-dealkylation sites (N-methyl/N-ethyl adjacent to an activating group) is 1. The fourth-order valence-electron chi connectivity index (χ4n) is 3.47. The van der Waals surface area contributed by atoms with E-state index in [1.807, 2.05) is 13.8 Å². The van der Waals surface area contributed by atoms with Gasteiger partial charge in [0, 0.05) is 13.0 Å². The summed E-state index contributed by atoms with van der Waals surface area (Å²) in [5.74, 6) is -0.0908. The molecule has 0 aromatic heterocycles. The summed E-state index contributed by atoms with van der Waals surface area (Å²) in [5.41, 5.74) is 0. The number of rotatable bonds is 4. The summed E-state index contributed by atoms with van der Waals surface area (Å²) >= 11 is 0. The highest BCUT2D eigenvalue weighted by atomic mass is 16.7. The Hall–Kier alpha value is -0.320. The van der Waals surface area contributed by atoms with E-state index in [2.05, 4.69) is 0 Å². The summed E-state index contributed by atoms with van der Waals surface area (Å²) in [5, 5.41) is 30.6. The molecule has 142 valence electrons. The Morgan fingerprint density at radius 3 is 2.04 bits per heavy atom. The van der Waals surface area contributed by atoms with Crippen molar-refractivity contribution in [2.45, 2.75) is 76.0 Å². The van der Waals surface area contributed by atoms with Gasteiger partial charge in [0.15, 0.2) is 12.6 Å². The average molecular weight is 349 g/mol. The van der Waals surface area contributed by atoms with Crippen LogP contribution in [0.4, 0.5) is 0 Å². The van der Waals surface area contributed by atoms with Crippen molar-refractivity contribution in [1.29, 1.82) is 0 Å². The van der Waals surface area contributed by atoms with E-state index < -0.39 is 49.1 Å². The maximum Gasteiger partial charge on any atom is 0.187 e. The second-order valence-corrected chi connectivity index (χ2v) is 7.04. The Morgan fingerprint density at radius 2 is 1.50 bits per heavy atom. The zero-order valence-electron chi connectivity index (χ0n) is 15.2. The molecule has 2 aliphatic heterocycles. The lowest BCUT2D eigenvalue weighted by molar-refractivity contribution is -0.337. The second-order valence-electron chi connectivity index (χ2n) is 7.04. The first-order chi connectivity index (χ1) is 11.2. The molecule has 10 atom stereocenters. The average Bonchev–Trinajstić information content (AvgIpc) is 2.50. The minimum atomic E-state index is -1.28. The molecule has 8 heteroatoms. The van der Waals surface area contributed by atoms with Crippen molar-refractivity contribution in [1.82, 2.24) is 4.90 Å². The van der Waals surface area contributed by atoms with Gasteiger partial charge in [-0.3, -0.25) is 0 Å². The van der Waals surface area contributed by atoms with Gasteiger partial charge in [-0.1, -0.05) is 6.92 Å². The summed E-state index contributed by atoms with van der Waals surface area (Å²) in [6, 6.07) is -0.489. The fraction of sp³-hybridized carbons (Fsp3) is 1.00. The van der Waals surface area contributed by atoms with Gasteiger partial charge < -0.3 is 39.2 Å². The van der Waals surface area contributed by atoms with Crippen LogP contribution in [0, 0.1) is 5.92 Å². The molecule has 2 saturated heterocycles. The third-order valence-corrected chi connectivity index (χ3v) is 5.19. The topological polar surface area (TPSA) is 101 Å². The summed E-state index contributed by atoms with van der Waals surface area (Å²) in [4.78, 5) is 1.78. The van der Waals surface area contributed by atoms with Crippen LogP contribution < -0.4 is 0 Å². The zero-order chi connectivity index (χ0) is 18.2. The maximum absolute atomic E-state index is 10.4. The molecule has 0 saturated carbocycles. The zero-order valence-corrected chi connectivity index (χ0v) is 15.2. The molecular weight excluding hydrogens is 318 g/mol. The van der Waals surface area contributed by atoms with E-state index >= 15 is 0 Å². The van der Waals surface area contributed by atoms with Gasteiger partial charge in [-0.05, 0) is 27.9 Å². The number of aliphatic hydroxyl groups excluding tert-OH is 3. The molecule has 0 aromatic rings.